The molecule has 1 aromatic carbocycles. The molecule has 0 saturated carbocycles. The first kappa shape index (κ1) is 16.2. The molecule has 0 aliphatic heterocycles. The number of halogens is 5. The zero-order valence-corrected chi connectivity index (χ0v) is 13.5. The minimum absolute atomic E-state index is 0.160. The van der Waals surface area contributed by atoms with Crippen LogP contribution < -0.4 is 11.2 Å². The number of benzene rings is 1. The summed E-state index contributed by atoms with van der Waals surface area (Å²) >= 11 is 17.6. The van der Waals surface area contributed by atoms with Gasteiger partial charge in [0.15, 0.2) is 11.7 Å². The molecule has 0 saturated heterocycles. The largest absolute Gasteiger partial charge is 0.382 e. The van der Waals surface area contributed by atoms with Crippen LogP contribution in [0.5, 0.6) is 0 Å². The van der Waals surface area contributed by atoms with E-state index in [0.717, 1.165) is 0 Å². The number of hydrogen-bond donors (Lipinski definition) is 3. The van der Waals surface area contributed by atoms with E-state index in [2.05, 4.69) is 42.4 Å². The Morgan fingerprint density at radius 3 is 2.21 bits per heavy atom. The summed E-state index contributed by atoms with van der Waals surface area (Å²) < 4.78 is 13.9. The minimum Gasteiger partial charge on any atom is -0.382 e. The van der Waals surface area contributed by atoms with Gasteiger partial charge in [0.2, 0.25) is 5.71 Å². The van der Waals surface area contributed by atoms with Crippen LogP contribution in [0.3, 0.4) is 0 Å². The zero-order chi connectivity index (χ0) is 14.7. The van der Waals surface area contributed by atoms with E-state index in [1.807, 2.05) is 0 Å². The van der Waals surface area contributed by atoms with E-state index in [1.165, 1.54) is 0 Å². The number of hydrogen-bond acceptors (Lipinski definition) is 4. The molecule has 0 fully saturated rings. The van der Waals surface area contributed by atoms with Gasteiger partial charge in [-0.2, -0.15) is 10.4 Å². The Bertz CT molecular complexity index is 597. The first-order chi connectivity index (χ1) is 8.81. The highest BCUT2D eigenvalue weighted by Crippen LogP contribution is 2.43. The fourth-order valence-electron chi connectivity index (χ4n) is 0.960. The van der Waals surface area contributed by atoms with Crippen molar-refractivity contribution >= 4 is 72.3 Å². The number of nitrogens with two attached hydrogens (primary N) is 1. The van der Waals surface area contributed by atoms with Gasteiger partial charge in [-0.1, -0.05) is 23.2 Å². The van der Waals surface area contributed by atoms with Crippen LogP contribution in [0.1, 0.15) is 0 Å². The van der Waals surface area contributed by atoms with Gasteiger partial charge >= 0.3 is 0 Å². The van der Waals surface area contributed by atoms with Gasteiger partial charge in [0.25, 0.3) is 0 Å². The average molecular weight is 432 g/mol. The highest BCUT2D eigenvalue weighted by atomic mass is 79.9. The maximum atomic E-state index is 13.5. The second-order valence-electron chi connectivity index (χ2n) is 3.04. The number of hydrazone groups is 1. The van der Waals surface area contributed by atoms with Crippen molar-refractivity contribution in [1.29, 1.82) is 10.7 Å². The lowest BCUT2D eigenvalue weighted by molar-refractivity contribution is 0.627. The number of nitrogens with zero attached hydrogens (tertiary/aromatic N) is 2. The molecular formula is C9H4Br2Cl2FN5. The van der Waals surface area contributed by atoms with Gasteiger partial charge in [0.05, 0.1) is 24.7 Å². The molecule has 0 bridgehead atoms. The maximum absolute atomic E-state index is 13.5. The van der Waals surface area contributed by atoms with Crippen molar-refractivity contribution in [2.75, 3.05) is 5.43 Å². The second-order valence-corrected chi connectivity index (χ2v) is 5.38. The smallest absolute Gasteiger partial charge is 0.201 e. The van der Waals surface area contributed by atoms with Gasteiger partial charge in [-0.25, -0.2) is 4.39 Å². The van der Waals surface area contributed by atoms with E-state index >= 15 is 0 Å². The summed E-state index contributed by atoms with van der Waals surface area (Å²) in [4.78, 5) is 0. The fraction of sp³-hybridized carbons (Fsp3) is 0. The van der Waals surface area contributed by atoms with Gasteiger partial charge in [-0.05, 0) is 31.9 Å². The summed E-state index contributed by atoms with van der Waals surface area (Å²) in [7, 11) is 0. The molecule has 0 aliphatic rings. The normalized spacial score (nSPS) is 11.1. The topological polar surface area (TPSA) is 98.0 Å². The number of amidine groups is 1. The summed E-state index contributed by atoms with van der Waals surface area (Å²) in [5.74, 6) is -1.31. The van der Waals surface area contributed by atoms with Crippen LogP contribution in [0, 0.1) is 22.6 Å². The van der Waals surface area contributed by atoms with Crippen molar-refractivity contribution in [3.05, 3.63) is 24.8 Å². The Morgan fingerprint density at radius 1 is 1.37 bits per heavy atom. The molecule has 1 rings (SSSR count). The summed E-state index contributed by atoms with van der Waals surface area (Å²) in [6.07, 6.45) is 0. The van der Waals surface area contributed by atoms with Gasteiger partial charge in [-0.3, -0.25) is 10.8 Å². The minimum atomic E-state index is -0.802. The van der Waals surface area contributed by atoms with Gasteiger partial charge in [-0.15, -0.1) is 0 Å². The summed E-state index contributed by atoms with van der Waals surface area (Å²) in [6.45, 7) is 0. The lowest BCUT2D eigenvalue weighted by atomic mass is 10.3. The SMILES string of the molecule is N#C/C(=N\Nc1c(Br)c(Cl)c(F)c(Cl)c1Br)C(=N)N. The van der Waals surface area contributed by atoms with Crippen molar-refractivity contribution in [2.45, 2.75) is 0 Å². The third-order valence-corrected chi connectivity index (χ3v) is 4.60. The predicted octanol–water partition coefficient (Wildman–Crippen LogP) is 3.88. The van der Waals surface area contributed by atoms with E-state index in [0.29, 0.717) is 0 Å². The second kappa shape index (κ2) is 6.52. The first-order valence-electron chi connectivity index (χ1n) is 4.40. The molecule has 100 valence electrons. The molecule has 1 aromatic rings. The lowest BCUT2D eigenvalue weighted by Gasteiger charge is -2.11. The van der Waals surface area contributed by atoms with Crippen molar-refractivity contribution in [3.63, 3.8) is 0 Å². The Kier molecular flexibility index (Phi) is 5.55. The summed E-state index contributed by atoms with van der Waals surface area (Å²) in [6, 6.07) is 1.62. The monoisotopic (exact) mass is 429 g/mol. The molecule has 10 heteroatoms. The molecule has 0 atom stereocenters. The van der Waals surface area contributed by atoms with Crippen LogP contribution in [0.25, 0.3) is 0 Å². The molecule has 0 spiro atoms. The van der Waals surface area contributed by atoms with Crippen molar-refractivity contribution < 1.29 is 4.39 Å². The lowest BCUT2D eigenvalue weighted by Crippen LogP contribution is -2.22. The van der Waals surface area contributed by atoms with Crippen molar-refractivity contribution in [3.8, 4) is 6.07 Å². The van der Waals surface area contributed by atoms with Gasteiger partial charge in [0.1, 0.15) is 6.07 Å². The Balaban J connectivity index is 3.31. The Labute approximate surface area is 134 Å². The van der Waals surface area contributed by atoms with Crippen molar-refractivity contribution in [1.82, 2.24) is 0 Å². The first-order valence-corrected chi connectivity index (χ1v) is 6.75. The van der Waals surface area contributed by atoms with Crippen LogP contribution in [-0.4, -0.2) is 11.5 Å². The number of rotatable bonds is 3. The van der Waals surface area contributed by atoms with Crippen LogP contribution in [0.4, 0.5) is 10.1 Å². The molecule has 19 heavy (non-hydrogen) atoms. The zero-order valence-electron chi connectivity index (χ0n) is 8.86. The molecular weight excluding hydrogens is 428 g/mol. The van der Waals surface area contributed by atoms with E-state index in [-0.39, 0.29) is 30.4 Å². The Hall–Kier alpha value is -0.880. The van der Waals surface area contributed by atoms with Crippen LogP contribution >= 0.6 is 55.1 Å². The van der Waals surface area contributed by atoms with Gasteiger partial charge < -0.3 is 5.73 Å². The summed E-state index contributed by atoms with van der Waals surface area (Å²) in [5.41, 5.74) is 7.43. The quantitative estimate of drug-likeness (QED) is 0.223. The molecule has 0 radical (unpaired) electrons. The summed E-state index contributed by atoms with van der Waals surface area (Å²) in [5, 5.41) is 18.9. The standard InChI is InChI=1S/C9H4Br2Cl2FN5/c10-3-5(12)7(14)6(13)4(11)8(3)19-18-2(1-15)9(16)17/h19H,(H3,16,17)/b18-2+. The van der Waals surface area contributed by atoms with E-state index in [4.69, 9.17) is 39.6 Å². The fourth-order valence-corrected chi connectivity index (χ4v) is 2.57. The molecule has 0 aromatic heterocycles. The molecule has 4 N–H and O–H groups in total. The Morgan fingerprint density at radius 2 is 1.84 bits per heavy atom. The van der Waals surface area contributed by atoms with Gasteiger partial charge in [0, 0.05) is 0 Å². The highest BCUT2D eigenvalue weighted by molar-refractivity contribution is 9.11. The van der Waals surface area contributed by atoms with Crippen LogP contribution in [0.2, 0.25) is 10.0 Å². The average Bonchev–Trinajstić information content (AvgIpc) is 2.38. The number of anilines is 1. The molecule has 0 amide bonds. The predicted molar refractivity (Wildman–Crippen MR) is 80.4 cm³/mol. The van der Waals surface area contributed by atoms with Crippen molar-refractivity contribution in [2.24, 2.45) is 10.8 Å². The van der Waals surface area contributed by atoms with Crippen LogP contribution in [0.15, 0.2) is 14.0 Å². The molecule has 0 heterocycles. The third kappa shape index (κ3) is 3.36. The number of nitriles is 1. The maximum Gasteiger partial charge on any atom is 0.201 e. The third-order valence-electron chi connectivity index (χ3n) is 1.85. The molecule has 5 nitrogen and oxygen atoms in total. The molecule has 0 aliphatic carbocycles. The van der Waals surface area contributed by atoms with E-state index < -0.39 is 11.7 Å². The number of nitrogens with one attached hydrogen (secondary N) is 2. The highest BCUT2D eigenvalue weighted by Gasteiger charge is 2.19. The molecule has 0 unspecified atom stereocenters. The van der Waals surface area contributed by atoms with E-state index in [9.17, 15) is 4.39 Å². The van der Waals surface area contributed by atoms with Crippen LogP contribution in [-0.2, 0) is 0 Å². The van der Waals surface area contributed by atoms with E-state index in [1.54, 1.807) is 6.07 Å².